The maximum Gasteiger partial charge on any atom is 0.303 e. The van der Waals surface area contributed by atoms with Gasteiger partial charge in [0.15, 0.2) is 0 Å². The zero-order chi connectivity index (χ0) is 13.3. The minimum absolute atomic E-state index is 0.508. The molecule has 1 unspecified atom stereocenters. The minimum atomic E-state index is -3.29. The smallest absolute Gasteiger partial charge is 0.261 e. The van der Waals surface area contributed by atoms with Gasteiger partial charge in [-0.05, 0) is 30.0 Å². The summed E-state index contributed by atoms with van der Waals surface area (Å²) in [5.41, 5.74) is 1.97. The highest BCUT2D eigenvalue weighted by Gasteiger charge is 2.35. The highest BCUT2D eigenvalue weighted by molar-refractivity contribution is 7.90. The molecule has 1 fully saturated rings. The third kappa shape index (κ3) is 2.52. The lowest BCUT2D eigenvalue weighted by Crippen LogP contribution is -2.32. The van der Waals surface area contributed by atoms with Crippen molar-refractivity contribution in [1.29, 1.82) is 0 Å². The standard InChI is InChI=1S/C13H20N2O2S/c1-4-11(2)12-5-7-13(8-6-12)14(3)18(16,17)15-9-10-15/h5-8,11H,4,9-10H2,1-3H3. The molecule has 1 aromatic rings. The summed E-state index contributed by atoms with van der Waals surface area (Å²) in [5.74, 6) is 0.508. The van der Waals surface area contributed by atoms with Gasteiger partial charge in [0, 0.05) is 20.1 Å². The number of anilines is 1. The number of rotatable bonds is 5. The van der Waals surface area contributed by atoms with E-state index in [1.54, 1.807) is 7.05 Å². The second kappa shape index (κ2) is 4.90. The van der Waals surface area contributed by atoms with E-state index in [0.29, 0.717) is 24.7 Å². The lowest BCUT2D eigenvalue weighted by atomic mass is 9.99. The molecule has 4 nitrogen and oxygen atoms in total. The molecule has 1 heterocycles. The van der Waals surface area contributed by atoms with E-state index < -0.39 is 10.2 Å². The van der Waals surface area contributed by atoms with Crippen LogP contribution in [0.4, 0.5) is 5.69 Å². The van der Waals surface area contributed by atoms with Crippen LogP contribution < -0.4 is 4.31 Å². The van der Waals surface area contributed by atoms with Gasteiger partial charge in [-0.2, -0.15) is 12.7 Å². The Labute approximate surface area is 109 Å². The van der Waals surface area contributed by atoms with Crippen molar-refractivity contribution in [3.05, 3.63) is 29.8 Å². The third-order valence-corrected chi connectivity index (χ3v) is 5.44. The van der Waals surface area contributed by atoms with Gasteiger partial charge in [-0.25, -0.2) is 0 Å². The number of nitrogens with zero attached hydrogens (tertiary/aromatic N) is 2. The van der Waals surface area contributed by atoms with Crippen molar-refractivity contribution in [3.8, 4) is 0 Å². The van der Waals surface area contributed by atoms with E-state index in [2.05, 4.69) is 13.8 Å². The summed E-state index contributed by atoms with van der Waals surface area (Å²) in [5, 5.41) is 0. The van der Waals surface area contributed by atoms with E-state index in [1.807, 2.05) is 24.3 Å². The molecule has 0 amide bonds. The van der Waals surface area contributed by atoms with Gasteiger partial charge < -0.3 is 0 Å². The van der Waals surface area contributed by atoms with Crippen LogP contribution in [0.2, 0.25) is 0 Å². The van der Waals surface area contributed by atoms with Crippen molar-refractivity contribution < 1.29 is 8.42 Å². The van der Waals surface area contributed by atoms with Gasteiger partial charge in [-0.15, -0.1) is 0 Å². The van der Waals surface area contributed by atoms with E-state index in [-0.39, 0.29) is 0 Å². The Balaban J connectivity index is 2.19. The van der Waals surface area contributed by atoms with Crippen LogP contribution in [-0.2, 0) is 10.2 Å². The first-order valence-corrected chi connectivity index (χ1v) is 7.70. The molecule has 0 radical (unpaired) electrons. The van der Waals surface area contributed by atoms with Gasteiger partial charge in [0.05, 0.1) is 5.69 Å². The lowest BCUT2D eigenvalue weighted by molar-refractivity contribution is 0.561. The predicted octanol–water partition coefficient (Wildman–Crippen LogP) is 2.20. The fourth-order valence-corrected chi connectivity index (χ4v) is 3.10. The Kier molecular flexibility index (Phi) is 3.64. The molecular weight excluding hydrogens is 248 g/mol. The monoisotopic (exact) mass is 268 g/mol. The second-order valence-corrected chi connectivity index (χ2v) is 6.73. The van der Waals surface area contributed by atoms with Crippen LogP contribution in [0.1, 0.15) is 31.7 Å². The molecular formula is C13H20N2O2S. The van der Waals surface area contributed by atoms with Gasteiger partial charge in [0.2, 0.25) is 0 Å². The number of benzene rings is 1. The average Bonchev–Trinajstić information content (AvgIpc) is 3.21. The van der Waals surface area contributed by atoms with E-state index in [4.69, 9.17) is 0 Å². The van der Waals surface area contributed by atoms with Crippen LogP contribution in [0.3, 0.4) is 0 Å². The molecule has 1 saturated heterocycles. The second-order valence-electron chi connectivity index (χ2n) is 4.78. The molecule has 1 aliphatic heterocycles. The molecule has 100 valence electrons. The zero-order valence-corrected chi connectivity index (χ0v) is 11.9. The van der Waals surface area contributed by atoms with E-state index in [9.17, 15) is 8.42 Å². The Hall–Kier alpha value is -1.07. The molecule has 1 atom stereocenters. The maximum atomic E-state index is 12.0. The fourth-order valence-electron chi connectivity index (χ4n) is 1.83. The molecule has 0 N–H and O–H groups in total. The molecule has 5 heteroatoms. The Morgan fingerprint density at radius 1 is 1.28 bits per heavy atom. The average molecular weight is 268 g/mol. The number of hydrogen-bond donors (Lipinski definition) is 0. The first-order chi connectivity index (χ1) is 8.46. The van der Waals surface area contributed by atoms with Crippen molar-refractivity contribution in [2.24, 2.45) is 0 Å². The van der Waals surface area contributed by atoms with Crippen LogP contribution >= 0.6 is 0 Å². The van der Waals surface area contributed by atoms with Crippen molar-refractivity contribution in [3.63, 3.8) is 0 Å². The van der Waals surface area contributed by atoms with Crippen LogP contribution in [0.25, 0.3) is 0 Å². The quantitative estimate of drug-likeness (QED) is 0.768. The third-order valence-electron chi connectivity index (χ3n) is 3.52. The topological polar surface area (TPSA) is 40.4 Å². The molecule has 0 saturated carbocycles. The maximum absolute atomic E-state index is 12.0. The van der Waals surface area contributed by atoms with E-state index in [1.165, 1.54) is 14.2 Å². The van der Waals surface area contributed by atoms with Crippen LogP contribution in [0.15, 0.2) is 24.3 Å². The van der Waals surface area contributed by atoms with E-state index >= 15 is 0 Å². The van der Waals surface area contributed by atoms with Gasteiger partial charge >= 0.3 is 10.2 Å². The first-order valence-electron chi connectivity index (χ1n) is 6.30. The molecule has 0 bridgehead atoms. The molecule has 2 rings (SSSR count). The summed E-state index contributed by atoms with van der Waals surface area (Å²) in [6.07, 6.45) is 1.08. The Morgan fingerprint density at radius 2 is 1.83 bits per heavy atom. The minimum Gasteiger partial charge on any atom is -0.261 e. The summed E-state index contributed by atoms with van der Waals surface area (Å²) >= 11 is 0. The van der Waals surface area contributed by atoms with Crippen molar-refractivity contribution in [2.75, 3.05) is 24.4 Å². The first kappa shape index (κ1) is 13.4. The highest BCUT2D eigenvalue weighted by atomic mass is 32.2. The summed E-state index contributed by atoms with van der Waals surface area (Å²) in [6, 6.07) is 7.78. The lowest BCUT2D eigenvalue weighted by Gasteiger charge is -2.20. The van der Waals surface area contributed by atoms with Crippen LogP contribution in [0, 0.1) is 0 Å². The van der Waals surface area contributed by atoms with E-state index in [0.717, 1.165) is 6.42 Å². The zero-order valence-electron chi connectivity index (χ0n) is 11.1. The molecule has 0 spiro atoms. The van der Waals surface area contributed by atoms with Crippen molar-refractivity contribution >= 4 is 15.9 Å². The molecule has 1 aromatic carbocycles. The van der Waals surface area contributed by atoms with Gasteiger partial charge in [0.25, 0.3) is 0 Å². The summed E-state index contributed by atoms with van der Waals surface area (Å²) in [7, 11) is -1.69. The fraction of sp³-hybridized carbons (Fsp3) is 0.538. The Morgan fingerprint density at radius 3 is 2.28 bits per heavy atom. The predicted molar refractivity (Wildman–Crippen MR) is 74.0 cm³/mol. The largest absolute Gasteiger partial charge is 0.303 e. The summed E-state index contributed by atoms with van der Waals surface area (Å²) in [6.45, 7) is 5.59. The number of hydrogen-bond acceptors (Lipinski definition) is 2. The normalized spacial score (nSPS) is 17.5. The summed E-state index contributed by atoms with van der Waals surface area (Å²) in [4.78, 5) is 0. The molecule has 1 aliphatic rings. The van der Waals surface area contributed by atoms with Crippen LogP contribution in [0.5, 0.6) is 0 Å². The highest BCUT2D eigenvalue weighted by Crippen LogP contribution is 2.25. The Bertz CT molecular complexity index is 506. The van der Waals surface area contributed by atoms with Crippen LogP contribution in [-0.4, -0.2) is 32.9 Å². The molecule has 0 aromatic heterocycles. The molecule has 0 aliphatic carbocycles. The van der Waals surface area contributed by atoms with Crippen molar-refractivity contribution in [2.45, 2.75) is 26.2 Å². The van der Waals surface area contributed by atoms with Gasteiger partial charge in [-0.3, -0.25) is 4.31 Å². The van der Waals surface area contributed by atoms with Gasteiger partial charge in [-0.1, -0.05) is 26.0 Å². The van der Waals surface area contributed by atoms with Gasteiger partial charge in [0.1, 0.15) is 0 Å². The SMILES string of the molecule is CCC(C)c1ccc(N(C)S(=O)(=O)N2CC2)cc1. The molecule has 18 heavy (non-hydrogen) atoms. The summed E-state index contributed by atoms with van der Waals surface area (Å²) < 4.78 is 26.8. The van der Waals surface area contributed by atoms with Crippen molar-refractivity contribution in [1.82, 2.24) is 4.31 Å².